The van der Waals surface area contributed by atoms with Crippen LogP contribution in [0.15, 0.2) is 24.3 Å². The van der Waals surface area contributed by atoms with Crippen molar-refractivity contribution in [2.45, 2.75) is 38.3 Å². The Morgan fingerprint density at radius 3 is 3.06 bits per heavy atom. The molecule has 96 valence electrons. The van der Waals surface area contributed by atoms with Gasteiger partial charge < -0.3 is 10.2 Å². The van der Waals surface area contributed by atoms with Gasteiger partial charge in [-0.05, 0) is 24.0 Å². The predicted octanol–water partition coefficient (Wildman–Crippen LogP) is 1.88. The molecule has 1 aromatic carbocycles. The maximum absolute atomic E-state index is 11.8. The van der Waals surface area contributed by atoms with Gasteiger partial charge in [-0.3, -0.25) is 4.79 Å². The summed E-state index contributed by atoms with van der Waals surface area (Å²) >= 11 is 0. The normalized spacial score (nSPS) is 27.4. The number of carbonyl (C=O) groups is 1. The average Bonchev–Trinajstić information content (AvgIpc) is 2.81. The van der Waals surface area contributed by atoms with Crippen LogP contribution in [0.3, 0.4) is 0 Å². The molecule has 3 rings (SSSR count). The number of benzene rings is 1. The molecule has 2 atom stereocenters. The number of nitrogens with one attached hydrogen (secondary N) is 1. The second-order valence-corrected chi connectivity index (χ2v) is 5.18. The van der Waals surface area contributed by atoms with Crippen LogP contribution in [0.1, 0.15) is 36.9 Å². The minimum Gasteiger partial charge on any atom is -0.337 e. The topological polar surface area (TPSA) is 32.3 Å². The molecule has 0 aliphatic carbocycles. The lowest BCUT2D eigenvalue weighted by Gasteiger charge is -2.38. The highest BCUT2D eigenvalue weighted by atomic mass is 16.2. The van der Waals surface area contributed by atoms with Gasteiger partial charge in [0.05, 0.1) is 12.1 Å². The zero-order valence-electron chi connectivity index (χ0n) is 10.9. The van der Waals surface area contributed by atoms with E-state index in [1.54, 1.807) is 0 Å². The fourth-order valence-electron chi connectivity index (χ4n) is 3.35. The van der Waals surface area contributed by atoms with Crippen LogP contribution >= 0.6 is 0 Å². The molecule has 0 radical (unpaired) electrons. The maximum Gasteiger partial charge on any atom is 0.223 e. The van der Waals surface area contributed by atoms with Gasteiger partial charge in [-0.1, -0.05) is 31.2 Å². The van der Waals surface area contributed by atoms with Crippen molar-refractivity contribution in [3.8, 4) is 0 Å². The van der Waals surface area contributed by atoms with Crippen molar-refractivity contribution in [3.05, 3.63) is 35.4 Å². The SMILES string of the molecule is CCc1ccccc1C1NCCN2C(=O)CCC12. The van der Waals surface area contributed by atoms with Gasteiger partial charge in [0.25, 0.3) is 0 Å². The van der Waals surface area contributed by atoms with Gasteiger partial charge in [0.15, 0.2) is 0 Å². The molecular weight excluding hydrogens is 224 g/mol. The Hall–Kier alpha value is -1.35. The van der Waals surface area contributed by atoms with Crippen LogP contribution in [0.25, 0.3) is 0 Å². The highest BCUT2D eigenvalue weighted by Gasteiger charge is 2.39. The summed E-state index contributed by atoms with van der Waals surface area (Å²) in [4.78, 5) is 13.9. The van der Waals surface area contributed by atoms with E-state index in [0.29, 0.717) is 18.0 Å². The fraction of sp³-hybridized carbons (Fsp3) is 0.533. The molecule has 1 N–H and O–H groups in total. The van der Waals surface area contributed by atoms with Crippen molar-refractivity contribution in [3.63, 3.8) is 0 Å². The van der Waals surface area contributed by atoms with E-state index in [9.17, 15) is 4.79 Å². The van der Waals surface area contributed by atoms with E-state index >= 15 is 0 Å². The molecular formula is C15H20N2O. The third kappa shape index (κ3) is 1.83. The average molecular weight is 244 g/mol. The van der Waals surface area contributed by atoms with Crippen molar-refractivity contribution in [2.75, 3.05) is 13.1 Å². The summed E-state index contributed by atoms with van der Waals surface area (Å²) in [5, 5.41) is 3.61. The number of piperazine rings is 1. The largest absolute Gasteiger partial charge is 0.337 e. The zero-order chi connectivity index (χ0) is 12.5. The molecule has 18 heavy (non-hydrogen) atoms. The standard InChI is InChI=1S/C15H20N2O/c1-2-11-5-3-4-6-12(11)15-13-7-8-14(18)17(13)10-9-16-15/h3-6,13,15-16H,2,7-10H2,1H3. The number of hydrogen-bond acceptors (Lipinski definition) is 2. The summed E-state index contributed by atoms with van der Waals surface area (Å²) in [6.45, 7) is 3.97. The third-order valence-electron chi connectivity index (χ3n) is 4.25. The van der Waals surface area contributed by atoms with Crippen molar-refractivity contribution < 1.29 is 4.79 Å². The van der Waals surface area contributed by atoms with Crippen molar-refractivity contribution in [1.29, 1.82) is 0 Å². The molecule has 2 heterocycles. The first-order valence-electron chi connectivity index (χ1n) is 6.92. The molecule has 0 spiro atoms. The second kappa shape index (κ2) is 4.73. The Kier molecular flexibility index (Phi) is 3.08. The fourth-order valence-corrected chi connectivity index (χ4v) is 3.35. The number of carbonyl (C=O) groups excluding carboxylic acids is 1. The number of rotatable bonds is 2. The lowest BCUT2D eigenvalue weighted by atomic mass is 9.91. The monoisotopic (exact) mass is 244 g/mol. The van der Waals surface area contributed by atoms with Crippen LogP contribution in [0, 0.1) is 0 Å². The molecule has 0 saturated carbocycles. The summed E-state index contributed by atoms with van der Waals surface area (Å²) < 4.78 is 0. The summed E-state index contributed by atoms with van der Waals surface area (Å²) in [5.41, 5.74) is 2.78. The number of hydrogen-bond donors (Lipinski definition) is 1. The quantitative estimate of drug-likeness (QED) is 0.861. The first-order valence-corrected chi connectivity index (χ1v) is 6.92. The lowest BCUT2D eigenvalue weighted by molar-refractivity contribution is -0.130. The molecule has 0 aromatic heterocycles. The summed E-state index contributed by atoms with van der Waals surface area (Å²) in [6.07, 6.45) is 2.76. The van der Waals surface area contributed by atoms with E-state index in [4.69, 9.17) is 0 Å². The Morgan fingerprint density at radius 1 is 1.39 bits per heavy atom. The first kappa shape index (κ1) is 11.7. The van der Waals surface area contributed by atoms with E-state index in [1.807, 2.05) is 0 Å². The second-order valence-electron chi connectivity index (χ2n) is 5.18. The van der Waals surface area contributed by atoms with Crippen molar-refractivity contribution >= 4 is 5.91 Å². The molecule has 3 nitrogen and oxygen atoms in total. The Labute approximate surface area is 108 Å². The Bertz CT molecular complexity index is 458. The van der Waals surface area contributed by atoms with E-state index < -0.39 is 0 Å². The van der Waals surface area contributed by atoms with Crippen molar-refractivity contribution in [2.24, 2.45) is 0 Å². The number of amides is 1. The minimum absolute atomic E-state index is 0.321. The Balaban J connectivity index is 1.93. The Morgan fingerprint density at radius 2 is 2.22 bits per heavy atom. The highest BCUT2D eigenvalue weighted by Crippen LogP contribution is 2.33. The molecule has 0 bridgehead atoms. The molecule has 1 amide bonds. The molecule has 2 aliphatic heterocycles. The summed E-state index contributed by atoms with van der Waals surface area (Å²) in [6, 6.07) is 9.30. The highest BCUT2D eigenvalue weighted by molar-refractivity contribution is 5.79. The summed E-state index contributed by atoms with van der Waals surface area (Å²) in [7, 11) is 0. The van der Waals surface area contributed by atoms with E-state index in [-0.39, 0.29) is 0 Å². The van der Waals surface area contributed by atoms with Gasteiger partial charge >= 0.3 is 0 Å². The van der Waals surface area contributed by atoms with Crippen LogP contribution in [0.4, 0.5) is 0 Å². The molecule has 1 aromatic rings. The molecule has 3 heteroatoms. The van der Waals surface area contributed by atoms with Crippen LogP contribution < -0.4 is 5.32 Å². The molecule has 2 fully saturated rings. The molecule has 2 unspecified atom stereocenters. The van der Waals surface area contributed by atoms with Crippen molar-refractivity contribution in [1.82, 2.24) is 10.2 Å². The zero-order valence-corrected chi connectivity index (χ0v) is 10.9. The van der Waals surface area contributed by atoms with Crippen LogP contribution in [-0.2, 0) is 11.2 Å². The van der Waals surface area contributed by atoms with Gasteiger partial charge in [0.2, 0.25) is 5.91 Å². The van der Waals surface area contributed by atoms with Crippen LogP contribution in [0.2, 0.25) is 0 Å². The first-order chi connectivity index (χ1) is 8.81. The molecule has 2 saturated heterocycles. The summed E-state index contributed by atoms with van der Waals surface area (Å²) in [5.74, 6) is 0.334. The number of nitrogens with zero attached hydrogens (tertiary/aromatic N) is 1. The van der Waals surface area contributed by atoms with Gasteiger partial charge in [-0.15, -0.1) is 0 Å². The van der Waals surface area contributed by atoms with E-state index in [0.717, 1.165) is 32.4 Å². The van der Waals surface area contributed by atoms with E-state index in [2.05, 4.69) is 41.4 Å². The van der Waals surface area contributed by atoms with Gasteiger partial charge in [-0.2, -0.15) is 0 Å². The van der Waals surface area contributed by atoms with Gasteiger partial charge in [0, 0.05) is 19.5 Å². The maximum atomic E-state index is 11.8. The minimum atomic E-state index is 0.321. The van der Waals surface area contributed by atoms with Crippen LogP contribution in [0.5, 0.6) is 0 Å². The van der Waals surface area contributed by atoms with Crippen LogP contribution in [-0.4, -0.2) is 29.9 Å². The smallest absolute Gasteiger partial charge is 0.223 e. The lowest BCUT2D eigenvalue weighted by Crippen LogP contribution is -2.51. The number of fused-ring (bicyclic) bond motifs is 1. The molecule has 2 aliphatic rings. The van der Waals surface area contributed by atoms with Gasteiger partial charge in [-0.25, -0.2) is 0 Å². The number of aryl methyl sites for hydroxylation is 1. The van der Waals surface area contributed by atoms with E-state index in [1.165, 1.54) is 11.1 Å². The third-order valence-corrected chi connectivity index (χ3v) is 4.25. The van der Waals surface area contributed by atoms with Gasteiger partial charge in [0.1, 0.15) is 0 Å². The predicted molar refractivity (Wildman–Crippen MR) is 71.3 cm³/mol.